The van der Waals surface area contributed by atoms with E-state index in [-0.39, 0.29) is 30.2 Å². The highest BCUT2D eigenvalue weighted by molar-refractivity contribution is 5.94. The second kappa shape index (κ2) is 16.9. The molecule has 0 spiro atoms. The molecular weight excluding hydrogens is 588 g/mol. The second-order valence-corrected chi connectivity index (χ2v) is 13.5. The smallest absolute Gasteiger partial charge is 0.303 e. The largest absolute Gasteiger partial charge is 0.508 e. The number of benzene rings is 3. The molecule has 2 heterocycles. The van der Waals surface area contributed by atoms with Crippen molar-refractivity contribution < 1.29 is 19.8 Å². The van der Waals surface area contributed by atoms with Crippen molar-refractivity contribution in [2.24, 2.45) is 0 Å². The molecule has 8 heteroatoms. The number of aromatic hydroxyl groups is 1. The Kier molecular flexibility index (Phi) is 12.4. The summed E-state index contributed by atoms with van der Waals surface area (Å²) in [4.78, 5) is 34.2. The fourth-order valence-electron chi connectivity index (χ4n) is 7.28. The van der Waals surface area contributed by atoms with Crippen molar-refractivity contribution >= 4 is 11.9 Å². The van der Waals surface area contributed by atoms with Crippen LogP contribution in [0.25, 0.3) is 0 Å². The molecule has 0 aromatic heterocycles. The van der Waals surface area contributed by atoms with Crippen LogP contribution in [0.15, 0.2) is 78.9 Å². The van der Waals surface area contributed by atoms with E-state index in [0.29, 0.717) is 18.2 Å². The molecule has 0 saturated carbocycles. The maximum absolute atomic E-state index is 13.9. The molecule has 3 aromatic carbocycles. The molecule has 0 bridgehead atoms. The van der Waals surface area contributed by atoms with Crippen LogP contribution < -0.4 is 0 Å². The van der Waals surface area contributed by atoms with Gasteiger partial charge in [-0.25, -0.2) is 0 Å². The fraction of sp³-hybridized carbons (Fsp3) is 0.487. The summed E-state index contributed by atoms with van der Waals surface area (Å²) in [6, 6.07) is 26.9. The molecule has 2 N–H and O–H groups in total. The lowest BCUT2D eigenvalue weighted by Crippen LogP contribution is -2.56. The zero-order valence-electron chi connectivity index (χ0n) is 28.1. The normalized spacial score (nSPS) is 20.5. The summed E-state index contributed by atoms with van der Waals surface area (Å²) >= 11 is 0. The van der Waals surface area contributed by atoms with Crippen LogP contribution >= 0.6 is 0 Å². The van der Waals surface area contributed by atoms with Gasteiger partial charge < -0.3 is 20.0 Å². The molecule has 3 aromatic rings. The lowest BCUT2D eigenvalue weighted by molar-refractivity contribution is -0.137. The van der Waals surface area contributed by atoms with E-state index in [1.54, 1.807) is 6.07 Å². The van der Waals surface area contributed by atoms with Crippen molar-refractivity contribution in [3.8, 4) is 5.75 Å². The van der Waals surface area contributed by atoms with Gasteiger partial charge in [0.2, 0.25) is 0 Å². The van der Waals surface area contributed by atoms with E-state index in [4.69, 9.17) is 5.11 Å². The van der Waals surface area contributed by atoms with E-state index < -0.39 is 5.97 Å². The van der Waals surface area contributed by atoms with Crippen LogP contribution in [0.4, 0.5) is 0 Å². The van der Waals surface area contributed by atoms with Crippen molar-refractivity contribution in [3.63, 3.8) is 0 Å². The summed E-state index contributed by atoms with van der Waals surface area (Å²) < 4.78 is 0. The minimum Gasteiger partial charge on any atom is -0.508 e. The molecule has 5 rings (SSSR count). The average molecular weight is 641 g/mol. The number of phenols is 1. The topological polar surface area (TPSA) is 87.6 Å². The lowest BCUT2D eigenvalue weighted by atomic mass is 9.92. The zero-order chi connectivity index (χ0) is 33.2. The molecule has 2 aliphatic rings. The molecule has 1 unspecified atom stereocenters. The summed E-state index contributed by atoms with van der Waals surface area (Å²) in [5, 5.41) is 19.3. The first kappa shape index (κ1) is 34.6. The van der Waals surface area contributed by atoms with Crippen molar-refractivity contribution in [2.45, 2.75) is 77.0 Å². The summed E-state index contributed by atoms with van der Waals surface area (Å²) in [7, 11) is 0. The number of nitrogens with zero attached hydrogens (tertiary/aromatic N) is 4. The number of piperazine rings is 1. The van der Waals surface area contributed by atoms with E-state index in [9.17, 15) is 14.7 Å². The molecular formula is C39H52N4O4. The maximum atomic E-state index is 13.9. The Hall–Kier alpha value is -3.72. The molecule has 0 radical (unpaired) electrons. The number of carbonyl (C=O) groups is 2. The van der Waals surface area contributed by atoms with Gasteiger partial charge in [0.15, 0.2) is 0 Å². The fourth-order valence-corrected chi connectivity index (χ4v) is 7.28. The predicted octanol–water partition coefficient (Wildman–Crippen LogP) is 6.26. The van der Waals surface area contributed by atoms with Crippen LogP contribution in [0, 0.1) is 0 Å². The molecule has 252 valence electrons. The number of carbonyl (C=O) groups excluding carboxylic acids is 1. The molecule has 0 aliphatic carbocycles. The number of aliphatic carboxylic acids is 1. The third-order valence-corrected chi connectivity index (χ3v) is 9.85. The van der Waals surface area contributed by atoms with E-state index >= 15 is 0 Å². The van der Waals surface area contributed by atoms with Crippen molar-refractivity contribution in [1.82, 2.24) is 19.6 Å². The maximum Gasteiger partial charge on any atom is 0.303 e. The van der Waals surface area contributed by atoms with Gasteiger partial charge >= 0.3 is 5.97 Å². The van der Waals surface area contributed by atoms with Gasteiger partial charge in [0, 0.05) is 63.3 Å². The molecule has 2 saturated heterocycles. The second-order valence-electron chi connectivity index (χ2n) is 13.5. The van der Waals surface area contributed by atoms with Crippen LogP contribution in [0.3, 0.4) is 0 Å². The first-order valence-corrected chi connectivity index (χ1v) is 17.4. The lowest BCUT2D eigenvalue weighted by Gasteiger charge is -2.47. The van der Waals surface area contributed by atoms with Gasteiger partial charge in [-0.1, -0.05) is 67.4 Å². The van der Waals surface area contributed by atoms with Gasteiger partial charge in [-0.2, -0.15) is 0 Å². The number of phenolic OH excluding ortho intramolecular Hbond substituents is 1. The summed E-state index contributed by atoms with van der Waals surface area (Å²) in [6.45, 7) is 11.6. The highest BCUT2D eigenvalue weighted by Gasteiger charge is 2.35. The Morgan fingerprint density at radius 2 is 1.53 bits per heavy atom. The Morgan fingerprint density at radius 1 is 0.787 bits per heavy atom. The molecule has 3 atom stereocenters. The van der Waals surface area contributed by atoms with Crippen LogP contribution in [0.1, 0.15) is 85.5 Å². The summed E-state index contributed by atoms with van der Waals surface area (Å²) in [6.07, 6.45) is 4.98. The summed E-state index contributed by atoms with van der Waals surface area (Å²) in [5.74, 6) is -0.395. The number of amides is 1. The highest BCUT2D eigenvalue weighted by Crippen LogP contribution is 2.35. The SMILES string of the molecule is C[C@@H]1CN(C(c2cccc(O)c2)c2cccc(C(=O)N3CCCN(CCCCCCC(=O)O)CC3)c2)[C@@H](C)CN1Cc1ccccc1. The van der Waals surface area contributed by atoms with Gasteiger partial charge in [-0.3, -0.25) is 19.4 Å². The molecule has 1 amide bonds. The quantitative estimate of drug-likeness (QED) is 0.213. The standard InChI is InChI=1S/C39H52N4O4/c1-30-28-43(31(2)27-42(30)29-32-13-6-5-7-14-32)38(34-16-11-18-36(44)26-34)33-15-10-17-35(25-33)39(47)41-22-12-21-40(23-24-41)20-9-4-3-8-19-37(45)46/h5-7,10-11,13-18,25-26,30-31,38,44H,3-4,8-9,12,19-24,27-29H2,1-2H3,(H,45,46)/t30-,31+,38?/m1/s1. The number of hydrogen-bond donors (Lipinski definition) is 2. The number of rotatable bonds is 13. The first-order valence-electron chi connectivity index (χ1n) is 17.4. The number of hydrogen-bond acceptors (Lipinski definition) is 6. The predicted molar refractivity (Wildman–Crippen MR) is 187 cm³/mol. The molecule has 47 heavy (non-hydrogen) atoms. The van der Waals surface area contributed by atoms with Gasteiger partial charge in [0.25, 0.3) is 5.91 Å². The molecule has 8 nitrogen and oxygen atoms in total. The Balaban J connectivity index is 1.27. The number of carboxylic acid groups (broad SMARTS) is 1. The minimum absolute atomic E-state index is 0.0751. The molecule has 2 fully saturated rings. The van der Waals surface area contributed by atoms with Gasteiger partial charge in [-0.15, -0.1) is 0 Å². The van der Waals surface area contributed by atoms with E-state index in [1.807, 2.05) is 29.2 Å². The van der Waals surface area contributed by atoms with Gasteiger partial charge in [0.1, 0.15) is 5.75 Å². The van der Waals surface area contributed by atoms with Crippen LogP contribution in [0.2, 0.25) is 0 Å². The van der Waals surface area contributed by atoms with Crippen molar-refractivity contribution in [2.75, 3.05) is 45.8 Å². The Morgan fingerprint density at radius 3 is 2.30 bits per heavy atom. The van der Waals surface area contributed by atoms with Crippen LogP contribution in [-0.2, 0) is 11.3 Å². The van der Waals surface area contributed by atoms with Crippen LogP contribution in [0.5, 0.6) is 5.75 Å². The average Bonchev–Trinajstić information content (AvgIpc) is 3.31. The minimum atomic E-state index is -0.718. The van der Waals surface area contributed by atoms with Crippen LogP contribution in [-0.4, -0.2) is 99.6 Å². The van der Waals surface area contributed by atoms with E-state index in [2.05, 4.69) is 77.1 Å². The monoisotopic (exact) mass is 640 g/mol. The Labute approximate surface area is 280 Å². The zero-order valence-corrected chi connectivity index (χ0v) is 28.1. The van der Waals surface area contributed by atoms with Gasteiger partial charge in [-0.05, 0) is 87.2 Å². The third-order valence-electron chi connectivity index (χ3n) is 9.85. The molecule has 2 aliphatic heterocycles. The number of unbranched alkanes of at least 4 members (excludes halogenated alkanes) is 3. The van der Waals surface area contributed by atoms with Crippen molar-refractivity contribution in [3.05, 3.63) is 101 Å². The number of carboxylic acids is 1. The first-order chi connectivity index (χ1) is 22.8. The van der Waals surface area contributed by atoms with E-state index in [1.165, 1.54) is 5.56 Å². The highest BCUT2D eigenvalue weighted by atomic mass is 16.4. The summed E-state index contributed by atoms with van der Waals surface area (Å²) in [5.41, 5.74) is 4.12. The van der Waals surface area contributed by atoms with Gasteiger partial charge in [0.05, 0.1) is 6.04 Å². The van der Waals surface area contributed by atoms with E-state index in [0.717, 1.165) is 89.0 Å². The third kappa shape index (κ3) is 9.66. The Bertz CT molecular complexity index is 1450. The van der Waals surface area contributed by atoms with Crippen molar-refractivity contribution in [1.29, 1.82) is 0 Å².